The van der Waals surface area contributed by atoms with Crippen LogP contribution in [0.1, 0.15) is 41.7 Å². The van der Waals surface area contributed by atoms with Gasteiger partial charge in [-0.15, -0.1) is 0 Å². The Kier molecular flexibility index (Phi) is 8.38. The Balaban J connectivity index is 1.38. The summed E-state index contributed by atoms with van der Waals surface area (Å²) in [6.45, 7) is 5.91. The van der Waals surface area contributed by atoms with Crippen molar-refractivity contribution in [2.24, 2.45) is 7.05 Å². The van der Waals surface area contributed by atoms with Crippen molar-refractivity contribution in [3.63, 3.8) is 0 Å². The summed E-state index contributed by atoms with van der Waals surface area (Å²) in [5.41, 5.74) is -0.690. The summed E-state index contributed by atoms with van der Waals surface area (Å²) in [5.74, 6) is -1.14. The maximum atomic E-state index is 15.4. The lowest BCUT2D eigenvalue weighted by molar-refractivity contribution is -0.137. The number of carbonyl (C=O) groups excluding carboxylic acids is 3. The lowest BCUT2D eigenvalue weighted by atomic mass is 9.99. The van der Waals surface area contributed by atoms with E-state index < -0.39 is 35.4 Å². The third kappa shape index (κ3) is 6.11. The predicted octanol–water partition coefficient (Wildman–Crippen LogP) is 3.58. The van der Waals surface area contributed by atoms with Crippen molar-refractivity contribution in [3.05, 3.63) is 71.7 Å². The number of amides is 3. The van der Waals surface area contributed by atoms with Crippen molar-refractivity contribution in [1.82, 2.24) is 24.6 Å². The van der Waals surface area contributed by atoms with Crippen LogP contribution in [-0.2, 0) is 34.2 Å². The Bertz CT molecular complexity index is 1670. The minimum Gasteiger partial charge on any atom is -0.363 e. The van der Waals surface area contributed by atoms with Crippen LogP contribution >= 0.6 is 0 Å². The van der Waals surface area contributed by atoms with Gasteiger partial charge in [0.05, 0.1) is 29.4 Å². The second-order valence-corrected chi connectivity index (χ2v) is 11.2. The topological polar surface area (TPSA) is 108 Å². The fourth-order valence-electron chi connectivity index (χ4n) is 5.75. The zero-order valence-electron chi connectivity index (χ0n) is 25.2. The van der Waals surface area contributed by atoms with E-state index in [1.54, 1.807) is 28.6 Å². The summed E-state index contributed by atoms with van der Waals surface area (Å²) in [6.07, 6.45) is -3.43. The Morgan fingerprint density at radius 1 is 1.16 bits per heavy atom. The SMILES string of the molecule is C=CC(=O)N1CC(c2nc(CN(C)c3c(F)cccc3N(C)C(=O)C3CCC(=O)N3c3cc(C(F)(F)F)cc(C)n3)nn2C)C1. The molecular weight excluding hydrogens is 596 g/mol. The summed E-state index contributed by atoms with van der Waals surface area (Å²) in [5, 5.41) is 4.46. The molecule has 2 fully saturated rings. The second-order valence-electron chi connectivity index (χ2n) is 11.2. The van der Waals surface area contributed by atoms with Crippen LogP contribution in [0, 0.1) is 12.7 Å². The van der Waals surface area contributed by atoms with E-state index in [4.69, 9.17) is 0 Å². The molecule has 1 atom stereocenters. The molecule has 0 radical (unpaired) electrons. The van der Waals surface area contributed by atoms with Crippen LogP contribution in [0.5, 0.6) is 0 Å². The molecule has 0 saturated carbocycles. The molecule has 0 spiro atoms. The van der Waals surface area contributed by atoms with Crippen molar-refractivity contribution >= 4 is 34.9 Å². The quantitative estimate of drug-likeness (QED) is 0.277. The molecule has 238 valence electrons. The van der Waals surface area contributed by atoms with Crippen LogP contribution < -0.4 is 14.7 Å². The highest BCUT2D eigenvalue weighted by Gasteiger charge is 2.42. The highest BCUT2D eigenvalue weighted by atomic mass is 19.4. The van der Waals surface area contributed by atoms with Crippen LogP contribution in [-0.4, -0.2) is 75.6 Å². The minimum atomic E-state index is -4.67. The van der Waals surface area contributed by atoms with Crippen LogP contribution in [0.4, 0.5) is 34.8 Å². The van der Waals surface area contributed by atoms with Crippen LogP contribution in [0.3, 0.4) is 0 Å². The van der Waals surface area contributed by atoms with Gasteiger partial charge in [-0.1, -0.05) is 12.6 Å². The molecule has 0 N–H and O–H groups in total. The zero-order valence-corrected chi connectivity index (χ0v) is 25.2. The number of hydrogen-bond donors (Lipinski definition) is 0. The molecule has 2 aromatic heterocycles. The fraction of sp³-hybridized carbons (Fsp3) is 0.400. The van der Waals surface area contributed by atoms with Crippen molar-refractivity contribution in [3.8, 4) is 0 Å². The molecule has 3 amide bonds. The average Bonchev–Trinajstić information content (AvgIpc) is 3.51. The monoisotopic (exact) mass is 628 g/mol. The van der Waals surface area contributed by atoms with E-state index in [1.165, 1.54) is 43.1 Å². The van der Waals surface area contributed by atoms with Gasteiger partial charge < -0.3 is 14.7 Å². The number of benzene rings is 1. The van der Waals surface area contributed by atoms with Crippen LogP contribution in [0.15, 0.2) is 43.0 Å². The van der Waals surface area contributed by atoms with Gasteiger partial charge >= 0.3 is 6.18 Å². The third-order valence-corrected chi connectivity index (χ3v) is 8.00. The van der Waals surface area contributed by atoms with Crippen LogP contribution in [0.2, 0.25) is 0 Å². The van der Waals surface area contributed by atoms with Gasteiger partial charge in [0.2, 0.25) is 17.7 Å². The molecule has 3 aromatic rings. The van der Waals surface area contributed by atoms with Gasteiger partial charge in [-0.3, -0.25) is 24.0 Å². The molecule has 2 aliphatic rings. The van der Waals surface area contributed by atoms with Crippen molar-refractivity contribution in [2.75, 3.05) is 41.9 Å². The molecule has 0 bridgehead atoms. The summed E-state index contributed by atoms with van der Waals surface area (Å²) >= 11 is 0. The molecular formula is C30H32F4N8O3. The van der Waals surface area contributed by atoms with E-state index in [9.17, 15) is 27.6 Å². The Hall–Kier alpha value is -4.82. The number of halogens is 4. The second kappa shape index (κ2) is 11.9. The standard InChI is InChI=1S/C30H32F4N8O3/c1-6-25(43)41-14-18(15-41)28-36-23(37-40(28)5)16-38(3)27-20(31)8-7-9-21(27)39(4)29(45)22-10-11-26(44)42(22)24-13-19(30(32,33)34)12-17(2)35-24/h6-9,12-13,18,22H,1,10-11,14-16H2,2-5H3. The minimum absolute atomic E-state index is 0.00889. The Morgan fingerprint density at radius 3 is 2.53 bits per heavy atom. The summed E-state index contributed by atoms with van der Waals surface area (Å²) in [4.78, 5) is 52.6. The summed E-state index contributed by atoms with van der Waals surface area (Å²) in [7, 11) is 4.77. The number of likely N-dealkylation sites (tertiary alicyclic amines) is 1. The first-order valence-corrected chi connectivity index (χ1v) is 14.2. The number of aryl methyl sites for hydroxylation is 2. The number of aromatic nitrogens is 4. The summed E-state index contributed by atoms with van der Waals surface area (Å²) in [6, 6.07) is 4.69. The van der Waals surface area contributed by atoms with Gasteiger partial charge in [-0.25, -0.2) is 14.4 Å². The van der Waals surface area contributed by atoms with Gasteiger partial charge in [0.1, 0.15) is 23.5 Å². The molecule has 1 aromatic carbocycles. The highest BCUT2D eigenvalue weighted by molar-refractivity contribution is 6.09. The fourth-order valence-corrected chi connectivity index (χ4v) is 5.75. The molecule has 15 heteroatoms. The lowest BCUT2D eigenvalue weighted by Gasteiger charge is -2.37. The number of alkyl halides is 3. The molecule has 11 nitrogen and oxygen atoms in total. The number of hydrogen-bond acceptors (Lipinski definition) is 7. The number of likely N-dealkylation sites (N-methyl/N-ethyl adjacent to an activating group) is 1. The van der Waals surface area contributed by atoms with Gasteiger partial charge in [0.15, 0.2) is 5.82 Å². The van der Waals surface area contributed by atoms with E-state index in [2.05, 4.69) is 21.6 Å². The first-order chi connectivity index (χ1) is 21.2. The maximum absolute atomic E-state index is 15.4. The number of pyridine rings is 1. The molecule has 0 aliphatic carbocycles. The summed E-state index contributed by atoms with van der Waals surface area (Å²) < 4.78 is 57.6. The molecule has 5 rings (SSSR count). The number of anilines is 3. The van der Waals surface area contributed by atoms with Crippen molar-refractivity contribution in [1.29, 1.82) is 0 Å². The largest absolute Gasteiger partial charge is 0.416 e. The number of para-hydroxylation sites is 1. The average molecular weight is 629 g/mol. The predicted molar refractivity (Wildman–Crippen MR) is 157 cm³/mol. The maximum Gasteiger partial charge on any atom is 0.416 e. The number of rotatable bonds is 8. The van der Waals surface area contributed by atoms with Gasteiger partial charge in [0.25, 0.3) is 0 Å². The zero-order chi connectivity index (χ0) is 32.8. The van der Waals surface area contributed by atoms with Crippen molar-refractivity contribution < 1.29 is 31.9 Å². The smallest absolute Gasteiger partial charge is 0.363 e. The third-order valence-electron chi connectivity index (χ3n) is 8.00. The van der Waals surface area contributed by atoms with Gasteiger partial charge in [-0.05, 0) is 43.7 Å². The first-order valence-electron chi connectivity index (χ1n) is 14.2. The Morgan fingerprint density at radius 2 is 1.87 bits per heavy atom. The molecule has 4 heterocycles. The normalized spacial score (nSPS) is 17.0. The highest BCUT2D eigenvalue weighted by Crippen LogP contribution is 2.37. The molecule has 2 saturated heterocycles. The van der Waals surface area contributed by atoms with E-state index in [-0.39, 0.29) is 54.1 Å². The van der Waals surface area contributed by atoms with Crippen molar-refractivity contribution in [2.45, 2.75) is 44.4 Å². The molecule has 1 unspecified atom stereocenters. The first kappa shape index (κ1) is 31.6. The number of nitrogens with zero attached hydrogens (tertiary/aromatic N) is 8. The van der Waals surface area contributed by atoms with E-state index in [0.717, 1.165) is 17.0 Å². The lowest BCUT2D eigenvalue weighted by Crippen LogP contribution is -2.48. The molecule has 2 aliphatic heterocycles. The number of carbonyl (C=O) groups is 3. The van der Waals surface area contributed by atoms with E-state index in [0.29, 0.717) is 24.7 Å². The van der Waals surface area contributed by atoms with Gasteiger partial charge in [0, 0.05) is 46.3 Å². The molecule has 45 heavy (non-hydrogen) atoms. The van der Waals surface area contributed by atoms with E-state index in [1.807, 2.05) is 0 Å². The van der Waals surface area contributed by atoms with Crippen LogP contribution in [0.25, 0.3) is 0 Å². The van der Waals surface area contributed by atoms with Gasteiger partial charge in [-0.2, -0.15) is 18.3 Å². The Labute approximate surface area is 256 Å². The van der Waals surface area contributed by atoms with E-state index >= 15 is 4.39 Å².